The fraction of sp³-hybridized carbons (Fsp3) is 0.375. The molecule has 4 rings (SSSR count). The Balaban J connectivity index is 1.35. The summed E-state index contributed by atoms with van der Waals surface area (Å²) in [4.78, 5) is 14.8. The van der Waals surface area contributed by atoms with Gasteiger partial charge in [0.1, 0.15) is 5.75 Å². The number of thioether (sulfide) groups is 1. The van der Waals surface area contributed by atoms with Crippen LogP contribution in [-0.4, -0.2) is 52.7 Å². The number of ether oxygens (including phenoxy) is 2. The molecule has 1 unspecified atom stereocenters. The highest BCUT2D eigenvalue weighted by atomic mass is 35.5. The molecule has 1 aliphatic heterocycles. The third-order valence-corrected chi connectivity index (χ3v) is 7.06. The highest BCUT2D eigenvalue weighted by molar-refractivity contribution is 7.99. The van der Waals surface area contributed by atoms with Gasteiger partial charge in [-0.2, -0.15) is 0 Å². The van der Waals surface area contributed by atoms with Crippen LogP contribution in [0.5, 0.6) is 5.75 Å². The summed E-state index contributed by atoms with van der Waals surface area (Å²) in [7, 11) is 0. The normalized spacial score (nSPS) is 14.6. The Labute approximate surface area is 218 Å². The smallest absolute Gasteiger partial charge is 0.234 e. The zero-order chi connectivity index (χ0) is 24.8. The van der Waals surface area contributed by atoms with E-state index in [0.717, 1.165) is 18.8 Å². The SMILES string of the molecule is CCn1c(SCC(=O)Nc2ccc(N3CCOCC3)c(Cl)c2)nnc1C(C)Oc1ccccc1Cl. The number of nitrogens with zero attached hydrogens (tertiary/aromatic N) is 4. The lowest BCUT2D eigenvalue weighted by molar-refractivity contribution is -0.113. The van der Waals surface area contributed by atoms with Crippen molar-refractivity contribution in [1.82, 2.24) is 14.8 Å². The summed E-state index contributed by atoms with van der Waals surface area (Å²) >= 11 is 14.0. The Morgan fingerprint density at radius 2 is 1.94 bits per heavy atom. The summed E-state index contributed by atoms with van der Waals surface area (Å²) in [5.41, 5.74) is 1.59. The molecule has 3 aromatic rings. The molecule has 0 aliphatic carbocycles. The second-order valence-electron chi connectivity index (χ2n) is 7.88. The molecule has 0 saturated carbocycles. The molecule has 1 amide bonds. The van der Waals surface area contributed by atoms with Gasteiger partial charge in [-0.25, -0.2) is 0 Å². The van der Waals surface area contributed by atoms with Crippen molar-refractivity contribution in [3.63, 3.8) is 0 Å². The molecule has 2 aromatic carbocycles. The lowest BCUT2D eigenvalue weighted by atomic mass is 10.2. The first-order chi connectivity index (χ1) is 17.0. The number of hydrogen-bond donors (Lipinski definition) is 1. The van der Waals surface area contributed by atoms with Crippen LogP contribution in [0.25, 0.3) is 0 Å². The van der Waals surface area contributed by atoms with Crippen LogP contribution in [0, 0.1) is 0 Å². The Kier molecular flexibility index (Phi) is 8.78. The zero-order valence-corrected chi connectivity index (χ0v) is 21.9. The molecule has 1 aliphatic rings. The van der Waals surface area contributed by atoms with Gasteiger partial charge in [0.15, 0.2) is 17.1 Å². The Morgan fingerprint density at radius 1 is 1.17 bits per heavy atom. The van der Waals surface area contributed by atoms with E-state index in [4.69, 9.17) is 32.7 Å². The average Bonchev–Trinajstić information content (AvgIpc) is 3.28. The predicted octanol–water partition coefficient (Wildman–Crippen LogP) is 5.31. The van der Waals surface area contributed by atoms with Crippen LogP contribution >= 0.6 is 35.0 Å². The summed E-state index contributed by atoms with van der Waals surface area (Å²) < 4.78 is 13.3. The highest BCUT2D eigenvalue weighted by Gasteiger charge is 2.20. The van der Waals surface area contributed by atoms with Gasteiger partial charge in [-0.1, -0.05) is 47.1 Å². The van der Waals surface area contributed by atoms with Gasteiger partial charge in [-0.3, -0.25) is 4.79 Å². The molecule has 1 N–H and O–H groups in total. The number of carbonyl (C=O) groups is 1. The fourth-order valence-corrected chi connectivity index (χ4v) is 5.05. The number of rotatable bonds is 9. The molecule has 1 aromatic heterocycles. The van der Waals surface area contributed by atoms with Gasteiger partial charge in [0.2, 0.25) is 5.91 Å². The van der Waals surface area contributed by atoms with Crippen molar-refractivity contribution in [2.24, 2.45) is 0 Å². The number of hydrogen-bond acceptors (Lipinski definition) is 7. The molecular weight excluding hydrogens is 509 g/mol. The lowest BCUT2D eigenvalue weighted by Gasteiger charge is -2.29. The molecule has 1 fully saturated rings. The minimum absolute atomic E-state index is 0.155. The van der Waals surface area contributed by atoms with E-state index in [-0.39, 0.29) is 17.8 Å². The fourth-order valence-electron chi connectivity index (χ4n) is 3.76. The van der Waals surface area contributed by atoms with Gasteiger partial charge in [-0.05, 0) is 44.2 Å². The number of amides is 1. The Bertz CT molecular complexity index is 1170. The van der Waals surface area contributed by atoms with Crippen LogP contribution in [0.2, 0.25) is 10.0 Å². The van der Waals surface area contributed by atoms with Crippen LogP contribution in [0.3, 0.4) is 0 Å². The lowest BCUT2D eigenvalue weighted by Crippen LogP contribution is -2.36. The van der Waals surface area contributed by atoms with Crippen molar-refractivity contribution in [2.75, 3.05) is 42.3 Å². The molecular formula is C24H27Cl2N5O3S. The third-order valence-electron chi connectivity index (χ3n) is 5.48. The highest BCUT2D eigenvalue weighted by Crippen LogP contribution is 2.31. The predicted molar refractivity (Wildman–Crippen MR) is 140 cm³/mol. The molecule has 0 radical (unpaired) electrons. The summed E-state index contributed by atoms with van der Waals surface area (Å²) in [6, 6.07) is 12.9. The van der Waals surface area contributed by atoms with E-state index < -0.39 is 0 Å². The van der Waals surface area contributed by atoms with Gasteiger partial charge >= 0.3 is 0 Å². The molecule has 2 heterocycles. The van der Waals surface area contributed by atoms with E-state index in [1.54, 1.807) is 12.1 Å². The number of benzene rings is 2. The summed E-state index contributed by atoms with van der Waals surface area (Å²) in [6.07, 6.45) is -0.363. The molecule has 0 bridgehead atoms. The molecule has 11 heteroatoms. The number of nitrogens with one attached hydrogen (secondary N) is 1. The second-order valence-corrected chi connectivity index (χ2v) is 9.63. The standard InChI is InChI=1S/C24H27Cl2N5O3S/c1-3-31-23(16(2)34-21-7-5-4-6-18(21)25)28-29-24(31)35-15-22(32)27-17-8-9-20(19(26)14-17)30-10-12-33-13-11-30/h4-9,14,16H,3,10-13,15H2,1-2H3,(H,27,32). The summed E-state index contributed by atoms with van der Waals surface area (Å²) in [5.74, 6) is 1.28. The van der Waals surface area contributed by atoms with E-state index in [1.807, 2.05) is 48.7 Å². The Morgan fingerprint density at radius 3 is 2.66 bits per heavy atom. The van der Waals surface area contributed by atoms with Crippen molar-refractivity contribution in [2.45, 2.75) is 31.7 Å². The van der Waals surface area contributed by atoms with E-state index in [1.165, 1.54) is 11.8 Å². The number of para-hydroxylation sites is 1. The van der Waals surface area contributed by atoms with E-state index >= 15 is 0 Å². The molecule has 35 heavy (non-hydrogen) atoms. The van der Waals surface area contributed by atoms with Crippen LogP contribution < -0.4 is 15.0 Å². The summed E-state index contributed by atoms with van der Waals surface area (Å²) in [5, 5.41) is 13.3. The first-order valence-corrected chi connectivity index (χ1v) is 13.1. The minimum Gasteiger partial charge on any atom is -0.481 e. The van der Waals surface area contributed by atoms with Crippen molar-refractivity contribution >= 4 is 52.2 Å². The van der Waals surface area contributed by atoms with Crippen LogP contribution in [0.4, 0.5) is 11.4 Å². The maximum absolute atomic E-state index is 12.6. The first-order valence-electron chi connectivity index (χ1n) is 11.4. The van der Waals surface area contributed by atoms with E-state index in [9.17, 15) is 4.79 Å². The number of carbonyl (C=O) groups excluding carboxylic acids is 1. The molecule has 186 valence electrons. The van der Waals surface area contributed by atoms with Crippen molar-refractivity contribution in [1.29, 1.82) is 0 Å². The molecule has 1 atom stereocenters. The van der Waals surface area contributed by atoms with Crippen molar-refractivity contribution in [3.05, 3.63) is 58.3 Å². The van der Waals surface area contributed by atoms with Gasteiger partial charge < -0.3 is 24.3 Å². The first kappa shape index (κ1) is 25.6. The number of aromatic nitrogens is 3. The molecule has 8 nitrogen and oxygen atoms in total. The van der Waals surface area contributed by atoms with Gasteiger partial charge in [0.25, 0.3) is 0 Å². The number of anilines is 2. The monoisotopic (exact) mass is 535 g/mol. The average molecular weight is 536 g/mol. The van der Waals surface area contributed by atoms with Crippen LogP contribution in [0.1, 0.15) is 25.8 Å². The number of halogens is 2. The Hall–Kier alpha value is -2.46. The van der Waals surface area contributed by atoms with E-state index in [2.05, 4.69) is 20.4 Å². The topological polar surface area (TPSA) is 81.5 Å². The van der Waals surface area contributed by atoms with Crippen LogP contribution in [-0.2, 0) is 16.1 Å². The van der Waals surface area contributed by atoms with E-state index in [0.29, 0.717) is 52.2 Å². The largest absolute Gasteiger partial charge is 0.481 e. The minimum atomic E-state index is -0.363. The van der Waals surface area contributed by atoms with Crippen LogP contribution in [0.15, 0.2) is 47.6 Å². The van der Waals surface area contributed by atoms with Crippen molar-refractivity contribution in [3.8, 4) is 5.75 Å². The third kappa shape index (κ3) is 6.41. The van der Waals surface area contributed by atoms with Crippen molar-refractivity contribution < 1.29 is 14.3 Å². The quantitative estimate of drug-likeness (QED) is 0.371. The zero-order valence-electron chi connectivity index (χ0n) is 19.5. The number of morpholine rings is 1. The maximum atomic E-state index is 12.6. The second kappa shape index (κ2) is 12.0. The molecule has 1 saturated heterocycles. The summed E-state index contributed by atoms with van der Waals surface area (Å²) in [6.45, 7) is 7.49. The van der Waals surface area contributed by atoms with Gasteiger partial charge in [0, 0.05) is 25.3 Å². The maximum Gasteiger partial charge on any atom is 0.234 e. The van der Waals surface area contributed by atoms with Gasteiger partial charge in [0.05, 0.1) is 34.7 Å². The van der Waals surface area contributed by atoms with Gasteiger partial charge in [-0.15, -0.1) is 10.2 Å². The molecule has 0 spiro atoms.